The lowest BCUT2D eigenvalue weighted by atomic mass is 10.3. The number of carbonyl (C=O) groups excluding carboxylic acids is 1. The number of thioether (sulfide) groups is 1. The molecule has 1 saturated heterocycles. The number of esters is 1. The third kappa shape index (κ3) is 2.95. The summed E-state index contributed by atoms with van der Waals surface area (Å²) in [5.41, 5.74) is 0.240. The van der Waals surface area contributed by atoms with Gasteiger partial charge in [0.25, 0.3) is 0 Å². The summed E-state index contributed by atoms with van der Waals surface area (Å²) in [5.74, 6) is -0.462. The van der Waals surface area contributed by atoms with Crippen molar-refractivity contribution in [1.82, 2.24) is 9.97 Å². The Morgan fingerprint density at radius 2 is 2.41 bits per heavy atom. The van der Waals surface area contributed by atoms with Gasteiger partial charge in [-0.1, -0.05) is 11.8 Å². The van der Waals surface area contributed by atoms with Gasteiger partial charge in [-0.15, -0.1) is 0 Å². The lowest BCUT2D eigenvalue weighted by molar-refractivity contribution is 0.0592. The molecule has 1 aromatic heterocycles. The Morgan fingerprint density at radius 3 is 3.06 bits per heavy atom. The van der Waals surface area contributed by atoms with Crippen LogP contribution in [-0.2, 0) is 9.47 Å². The molecule has 0 N–H and O–H groups in total. The Kier molecular flexibility index (Phi) is 3.96. The summed E-state index contributed by atoms with van der Waals surface area (Å²) in [5, 5.41) is 1.10. The van der Waals surface area contributed by atoms with E-state index in [9.17, 15) is 4.79 Å². The number of nitrogens with zero attached hydrogens (tertiary/aromatic N) is 2. The van der Waals surface area contributed by atoms with Gasteiger partial charge in [0.05, 0.1) is 25.6 Å². The molecule has 6 heteroatoms. The first-order chi connectivity index (χ1) is 8.20. The SMILES string of the molecule is COC(=O)c1cncc(SC2CCOC2C)n1. The number of carbonyl (C=O) groups is 1. The van der Waals surface area contributed by atoms with Crippen LogP contribution >= 0.6 is 11.8 Å². The number of hydrogen-bond acceptors (Lipinski definition) is 6. The van der Waals surface area contributed by atoms with E-state index < -0.39 is 5.97 Å². The molecule has 5 nitrogen and oxygen atoms in total. The van der Waals surface area contributed by atoms with Crippen molar-refractivity contribution in [3.05, 3.63) is 18.1 Å². The second-order valence-corrected chi connectivity index (χ2v) is 5.01. The molecule has 1 aliphatic heterocycles. The maximum absolute atomic E-state index is 11.3. The fraction of sp³-hybridized carbons (Fsp3) is 0.545. The van der Waals surface area contributed by atoms with Crippen LogP contribution in [0.2, 0.25) is 0 Å². The van der Waals surface area contributed by atoms with E-state index >= 15 is 0 Å². The van der Waals surface area contributed by atoms with E-state index in [2.05, 4.69) is 14.7 Å². The summed E-state index contributed by atoms with van der Waals surface area (Å²) < 4.78 is 10.1. The molecule has 0 radical (unpaired) electrons. The number of methoxy groups -OCH3 is 1. The van der Waals surface area contributed by atoms with Crippen LogP contribution in [0.3, 0.4) is 0 Å². The zero-order valence-electron chi connectivity index (χ0n) is 9.75. The van der Waals surface area contributed by atoms with Crippen LogP contribution in [0.5, 0.6) is 0 Å². The first kappa shape index (κ1) is 12.3. The molecule has 17 heavy (non-hydrogen) atoms. The first-order valence-corrected chi connectivity index (χ1v) is 6.27. The Balaban J connectivity index is 2.08. The molecule has 1 aliphatic rings. The second-order valence-electron chi connectivity index (χ2n) is 3.76. The number of hydrogen-bond donors (Lipinski definition) is 0. The van der Waals surface area contributed by atoms with E-state index in [1.807, 2.05) is 6.92 Å². The molecule has 0 aliphatic carbocycles. The summed E-state index contributed by atoms with van der Waals surface area (Å²) in [6.45, 7) is 2.82. The van der Waals surface area contributed by atoms with E-state index in [0.717, 1.165) is 18.1 Å². The highest BCUT2D eigenvalue weighted by molar-refractivity contribution is 7.99. The van der Waals surface area contributed by atoms with Crippen molar-refractivity contribution < 1.29 is 14.3 Å². The summed E-state index contributed by atoms with van der Waals surface area (Å²) in [6, 6.07) is 0. The van der Waals surface area contributed by atoms with Crippen LogP contribution in [0, 0.1) is 0 Å². The quantitative estimate of drug-likeness (QED) is 0.762. The van der Waals surface area contributed by atoms with Crippen molar-refractivity contribution in [2.75, 3.05) is 13.7 Å². The predicted molar refractivity (Wildman–Crippen MR) is 63.0 cm³/mol. The van der Waals surface area contributed by atoms with Gasteiger partial charge in [0.15, 0.2) is 5.69 Å². The highest BCUT2D eigenvalue weighted by Gasteiger charge is 2.26. The van der Waals surface area contributed by atoms with Crippen LogP contribution in [0.15, 0.2) is 17.4 Å². The zero-order chi connectivity index (χ0) is 12.3. The minimum absolute atomic E-state index is 0.212. The summed E-state index contributed by atoms with van der Waals surface area (Å²) in [7, 11) is 1.33. The van der Waals surface area contributed by atoms with Gasteiger partial charge < -0.3 is 9.47 Å². The third-order valence-electron chi connectivity index (χ3n) is 2.59. The first-order valence-electron chi connectivity index (χ1n) is 5.39. The van der Waals surface area contributed by atoms with Gasteiger partial charge in [-0.05, 0) is 13.3 Å². The Bertz CT molecular complexity index is 413. The summed E-state index contributed by atoms with van der Waals surface area (Å²) in [4.78, 5) is 19.5. The molecule has 2 atom stereocenters. The van der Waals surface area contributed by atoms with E-state index in [4.69, 9.17) is 4.74 Å². The van der Waals surface area contributed by atoms with Gasteiger partial charge in [-0.2, -0.15) is 0 Å². The average molecular weight is 254 g/mol. The van der Waals surface area contributed by atoms with Gasteiger partial charge in [0.1, 0.15) is 5.03 Å². The van der Waals surface area contributed by atoms with Gasteiger partial charge in [-0.25, -0.2) is 9.78 Å². The van der Waals surface area contributed by atoms with Crippen molar-refractivity contribution in [2.24, 2.45) is 0 Å². The maximum atomic E-state index is 11.3. The maximum Gasteiger partial charge on any atom is 0.358 e. The Morgan fingerprint density at radius 1 is 1.59 bits per heavy atom. The third-order valence-corrected chi connectivity index (χ3v) is 3.95. The highest BCUT2D eigenvalue weighted by atomic mass is 32.2. The lowest BCUT2D eigenvalue weighted by Crippen LogP contribution is -2.14. The molecule has 0 amide bonds. The second kappa shape index (κ2) is 5.46. The molecule has 0 saturated carbocycles. The fourth-order valence-corrected chi connectivity index (χ4v) is 2.70. The average Bonchev–Trinajstić information content (AvgIpc) is 2.74. The van der Waals surface area contributed by atoms with Crippen molar-refractivity contribution in [2.45, 2.75) is 29.7 Å². The van der Waals surface area contributed by atoms with E-state index in [1.165, 1.54) is 13.3 Å². The Hall–Kier alpha value is -1.14. The number of ether oxygens (including phenoxy) is 2. The van der Waals surface area contributed by atoms with Crippen molar-refractivity contribution in [3.63, 3.8) is 0 Å². The van der Waals surface area contributed by atoms with Gasteiger partial charge in [-0.3, -0.25) is 4.98 Å². The normalized spacial score (nSPS) is 23.6. The minimum Gasteiger partial charge on any atom is -0.464 e. The topological polar surface area (TPSA) is 61.3 Å². The molecule has 1 fully saturated rings. The largest absolute Gasteiger partial charge is 0.464 e. The summed E-state index contributed by atoms with van der Waals surface area (Å²) >= 11 is 1.59. The van der Waals surface area contributed by atoms with Crippen molar-refractivity contribution in [1.29, 1.82) is 0 Å². The summed E-state index contributed by atoms with van der Waals surface area (Å²) in [6.07, 6.45) is 4.27. The van der Waals surface area contributed by atoms with Crippen LogP contribution in [0.1, 0.15) is 23.8 Å². The Labute approximate surface area is 104 Å². The van der Waals surface area contributed by atoms with Crippen molar-refractivity contribution >= 4 is 17.7 Å². The number of rotatable bonds is 3. The zero-order valence-corrected chi connectivity index (χ0v) is 10.6. The van der Waals surface area contributed by atoms with Crippen LogP contribution in [-0.4, -0.2) is 41.0 Å². The molecular weight excluding hydrogens is 240 g/mol. The molecule has 92 valence electrons. The molecule has 2 rings (SSSR count). The fourth-order valence-electron chi connectivity index (χ4n) is 1.63. The van der Waals surface area contributed by atoms with Gasteiger partial charge in [0.2, 0.25) is 0 Å². The minimum atomic E-state index is -0.462. The van der Waals surface area contributed by atoms with E-state index in [1.54, 1.807) is 18.0 Å². The molecule has 2 unspecified atom stereocenters. The molecule has 1 aromatic rings. The van der Waals surface area contributed by atoms with Crippen LogP contribution < -0.4 is 0 Å². The molecule has 0 bridgehead atoms. The van der Waals surface area contributed by atoms with Crippen molar-refractivity contribution in [3.8, 4) is 0 Å². The lowest BCUT2D eigenvalue weighted by Gasteiger charge is -2.12. The van der Waals surface area contributed by atoms with Crippen LogP contribution in [0.25, 0.3) is 0 Å². The standard InChI is InChI=1S/C11H14N2O3S/c1-7-9(3-4-16-7)17-10-6-12-5-8(13-10)11(14)15-2/h5-7,9H,3-4H2,1-2H3. The molecule has 2 heterocycles. The smallest absolute Gasteiger partial charge is 0.358 e. The van der Waals surface area contributed by atoms with Gasteiger partial charge >= 0.3 is 5.97 Å². The van der Waals surface area contributed by atoms with E-state index in [-0.39, 0.29) is 11.8 Å². The van der Waals surface area contributed by atoms with Gasteiger partial charge in [0, 0.05) is 11.9 Å². The van der Waals surface area contributed by atoms with E-state index in [0.29, 0.717) is 5.25 Å². The molecule has 0 spiro atoms. The van der Waals surface area contributed by atoms with Crippen LogP contribution in [0.4, 0.5) is 0 Å². The highest BCUT2D eigenvalue weighted by Crippen LogP contribution is 2.30. The number of aromatic nitrogens is 2. The predicted octanol–water partition coefficient (Wildman–Crippen LogP) is 1.53. The molecule has 0 aromatic carbocycles. The monoisotopic (exact) mass is 254 g/mol. The molecular formula is C11H14N2O3S.